The zero-order chi connectivity index (χ0) is 22.3. The number of ether oxygens (including phenoxy) is 2. The highest BCUT2D eigenvalue weighted by Crippen LogP contribution is 2.28. The van der Waals surface area contributed by atoms with Crippen molar-refractivity contribution in [1.29, 1.82) is 0 Å². The molecule has 0 amide bonds. The van der Waals surface area contributed by atoms with E-state index >= 15 is 0 Å². The molecule has 0 aliphatic carbocycles. The van der Waals surface area contributed by atoms with E-state index in [0.717, 1.165) is 67.3 Å². The van der Waals surface area contributed by atoms with Crippen LogP contribution in [0.2, 0.25) is 0 Å². The van der Waals surface area contributed by atoms with Crippen LogP contribution in [0, 0.1) is 0 Å². The number of rotatable bonds is 11. The van der Waals surface area contributed by atoms with Gasteiger partial charge in [-0.3, -0.25) is 0 Å². The van der Waals surface area contributed by atoms with E-state index in [1.165, 1.54) is 51.9 Å². The third-order valence-electron chi connectivity index (χ3n) is 6.63. The highest BCUT2D eigenvalue weighted by molar-refractivity contribution is 5.77. The van der Waals surface area contributed by atoms with Gasteiger partial charge in [0.15, 0.2) is 5.58 Å². The molecular weight excluding hydrogens is 414 g/mol. The summed E-state index contributed by atoms with van der Waals surface area (Å²) >= 11 is 0. The Morgan fingerprint density at radius 3 is 1.94 bits per heavy atom. The Morgan fingerprint density at radius 1 is 0.727 bits per heavy atom. The Kier molecular flexibility index (Phi) is 7.43. The van der Waals surface area contributed by atoms with Gasteiger partial charge in [0, 0.05) is 24.7 Å². The topological polar surface area (TPSA) is 51.0 Å². The van der Waals surface area contributed by atoms with Crippen LogP contribution in [-0.4, -0.2) is 67.3 Å². The molecule has 0 atom stereocenters. The summed E-state index contributed by atoms with van der Waals surface area (Å²) < 4.78 is 17.9. The zero-order valence-corrected chi connectivity index (χ0v) is 19.5. The Labute approximate surface area is 196 Å². The highest BCUT2D eigenvalue weighted by atomic mass is 16.5. The van der Waals surface area contributed by atoms with Gasteiger partial charge < -0.3 is 23.7 Å². The maximum atomic E-state index is 6.03. The molecule has 33 heavy (non-hydrogen) atoms. The molecule has 2 aromatic carbocycles. The minimum Gasteiger partial charge on any atom is -0.494 e. The predicted molar refractivity (Wildman–Crippen MR) is 131 cm³/mol. The molecule has 0 spiro atoms. The van der Waals surface area contributed by atoms with Crippen molar-refractivity contribution in [3.63, 3.8) is 0 Å². The number of likely N-dealkylation sites (tertiary alicyclic amines) is 2. The molecule has 5 rings (SSSR count). The van der Waals surface area contributed by atoms with Gasteiger partial charge in [0.1, 0.15) is 17.0 Å². The summed E-state index contributed by atoms with van der Waals surface area (Å²) in [5.41, 5.74) is 2.55. The van der Waals surface area contributed by atoms with Crippen molar-refractivity contribution < 1.29 is 13.9 Å². The average molecular weight is 450 g/mol. The molecule has 3 aromatic rings. The molecule has 6 heteroatoms. The van der Waals surface area contributed by atoms with Crippen LogP contribution in [0.1, 0.15) is 38.5 Å². The molecular formula is C27H35N3O3. The van der Waals surface area contributed by atoms with Gasteiger partial charge in [-0.2, -0.15) is 0 Å². The second kappa shape index (κ2) is 11.0. The smallest absolute Gasteiger partial charge is 0.227 e. The fourth-order valence-corrected chi connectivity index (χ4v) is 4.78. The molecule has 0 bridgehead atoms. The predicted octanol–water partition coefficient (Wildman–Crippen LogP) is 5.22. The minimum absolute atomic E-state index is 0.622. The molecule has 2 fully saturated rings. The molecule has 176 valence electrons. The summed E-state index contributed by atoms with van der Waals surface area (Å²) in [5.74, 6) is 2.35. The van der Waals surface area contributed by atoms with Gasteiger partial charge >= 0.3 is 0 Å². The lowest BCUT2D eigenvalue weighted by Crippen LogP contribution is -2.21. The Hall–Kier alpha value is -2.57. The van der Waals surface area contributed by atoms with E-state index in [0.29, 0.717) is 5.89 Å². The van der Waals surface area contributed by atoms with Gasteiger partial charge in [0.05, 0.1) is 13.2 Å². The first-order chi connectivity index (χ1) is 16.3. The van der Waals surface area contributed by atoms with E-state index in [-0.39, 0.29) is 0 Å². The number of benzene rings is 2. The zero-order valence-electron chi connectivity index (χ0n) is 19.5. The molecule has 3 heterocycles. The summed E-state index contributed by atoms with van der Waals surface area (Å²) in [6, 6.07) is 13.9. The van der Waals surface area contributed by atoms with Crippen LogP contribution < -0.4 is 9.47 Å². The third-order valence-corrected chi connectivity index (χ3v) is 6.63. The van der Waals surface area contributed by atoms with Crippen molar-refractivity contribution in [1.82, 2.24) is 14.8 Å². The van der Waals surface area contributed by atoms with E-state index in [2.05, 4.69) is 14.8 Å². The standard InChI is InChI=1S/C27H35N3O3/c1-2-14-29(13-1)17-5-19-31-23-9-7-22(8-10-23)27-28-25-12-11-24(21-26(25)33-27)32-20-6-18-30-15-3-4-16-30/h7-12,21H,1-6,13-20H2. The van der Waals surface area contributed by atoms with Crippen LogP contribution in [-0.2, 0) is 0 Å². The van der Waals surface area contributed by atoms with Gasteiger partial charge in [-0.15, -0.1) is 0 Å². The molecule has 2 aliphatic rings. The van der Waals surface area contributed by atoms with Crippen LogP contribution in [0.4, 0.5) is 0 Å². The first-order valence-corrected chi connectivity index (χ1v) is 12.5. The summed E-state index contributed by atoms with van der Waals surface area (Å²) in [7, 11) is 0. The van der Waals surface area contributed by atoms with Crippen LogP contribution in [0.25, 0.3) is 22.6 Å². The van der Waals surface area contributed by atoms with Crippen molar-refractivity contribution in [2.45, 2.75) is 38.5 Å². The van der Waals surface area contributed by atoms with Crippen LogP contribution in [0.3, 0.4) is 0 Å². The molecule has 6 nitrogen and oxygen atoms in total. The Bertz CT molecular complexity index is 1010. The normalized spacial score (nSPS) is 17.2. The van der Waals surface area contributed by atoms with Crippen LogP contribution in [0.15, 0.2) is 46.9 Å². The average Bonchev–Trinajstić information content (AvgIpc) is 3.62. The van der Waals surface area contributed by atoms with Crippen molar-refractivity contribution in [2.24, 2.45) is 0 Å². The van der Waals surface area contributed by atoms with Crippen LogP contribution >= 0.6 is 0 Å². The maximum Gasteiger partial charge on any atom is 0.227 e. The fraction of sp³-hybridized carbons (Fsp3) is 0.519. The highest BCUT2D eigenvalue weighted by Gasteiger charge is 2.13. The molecule has 0 N–H and O–H groups in total. The first kappa shape index (κ1) is 22.2. The van der Waals surface area contributed by atoms with E-state index in [9.17, 15) is 0 Å². The second-order valence-electron chi connectivity index (χ2n) is 9.17. The van der Waals surface area contributed by atoms with E-state index in [1.807, 2.05) is 42.5 Å². The van der Waals surface area contributed by atoms with Gasteiger partial charge in [0.25, 0.3) is 0 Å². The summed E-state index contributed by atoms with van der Waals surface area (Å²) in [5, 5.41) is 0. The Balaban J connectivity index is 1.11. The molecule has 2 aliphatic heterocycles. The number of hydrogen-bond donors (Lipinski definition) is 0. The number of nitrogens with zero attached hydrogens (tertiary/aromatic N) is 3. The summed E-state index contributed by atoms with van der Waals surface area (Å²) in [6.45, 7) is 8.68. The quantitative estimate of drug-likeness (QED) is 0.374. The van der Waals surface area contributed by atoms with Crippen LogP contribution in [0.5, 0.6) is 11.5 Å². The minimum atomic E-state index is 0.622. The van der Waals surface area contributed by atoms with Crippen molar-refractivity contribution in [3.05, 3.63) is 42.5 Å². The maximum absolute atomic E-state index is 6.03. The molecule has 0 radical (unpaired) electrons. The first-order valence-electron chi connectivity index (χ1n) is 12.5. The van der Waals surface area contributed by atoms with Gasteiger partial charge in [-0.1, -0.05) is 0 Å². The molecule has 2 saturated heterocycles. The molecule has 0 saturated carbocycles. The van der Waals surface area contributed by atoms with E-state index in [1.54, 1.807) is 0 Å². The van der Waals surface area contributed by atoms with E-state index in [4.69, 9.17) is 13.9 Å². The number of oxazole rings is 1. The lowest BCUT2D eigenvalue weighted by molar-refractivity contribution is 0.263. The number of fused-ring (bicyclic) bond motifs is 1. The summed E-state index contributed by atoms with van der Waals surface area (Å²) in [6.07, 6.45) is 7.46. The monoisotopic (exact) mass is 449 g/mol. The van der Waals surface area contributed by atoms with Gasteiger partial charge in [-0.05, 0) is 101 Å². The molecule has 1 aromatic heterocycles. The SMILES string of the molecule is c1cc(-c2nc3ccc(OCCCN4CCCC4)cc3o2)ccc1OCCCN1CCCC1. The molecule has 0 unspecified atom stereocenters. The van der Waals surface area contributed by atoms with Gasteiger partial charge in [0.2, 0.25) is 5.89 Å². The Morgan fingerprint density at radius 2 is 1.30 bits per heavy atom. The van der Waals surface area contributed by atoms with Gasteiger partial charge in [-0.25, -0.2) is 4.98 Å². The number of aromatic nitrogens is 1. The number of hydrogen-bond acceptors (Lipinski definition) is 6. The lowest BCUT2D eigenvalue weighted by atomic mass is 10.2. The third kappa shape index (κ3) is 6.06. The van der Waals surface area contributed by atoms with Crippen molar-refractivity contribution >= 4 is 11.1 Å². The van der Waals surface area contributed by atoms with Crippen molar-refractivity contribution in [3.8, 4) is 23.0 Å². The largest absolute Gasteiger partial charge is 0.494 e. The second-order valence-corrected chi connectivity index (χ2v) is 9.17. The van der Waals surface area contributed by atoms with E-state index < -0.39 is 0 Å². The fourth-order valence-electron chi connectivity index (χ4n) is 4.78. The van der Waals surface area contributed by atoms with Crippen molar-refractivity contribution in [2.75, 3.05) is 52.5 Å². The summed E-state index contributed by atoms with van der Waals surface area (Å²) in [4.78, 5) is 9.68. The lowest BCUT2D eigenvalue weighted by Gasteiger charge is -2.14.